The van der Waals surface area contributed by atoms with E-state index in [4.69, 9.17) is 18.9 Å². The van der Waals surface area contributed by atoms with Crippen LogP contribution < -0.4 is 0 Å². The van der Waals surface area contributed by atoms with Gasteiger partial charge >= 0.3 is 17.9 Å². The summed E-state index contributed by atoms with van der Waals surface area (Å²) in [6, 6.07) is 0. The van der Waals surface area contributed by atoms with Gasteiger partial charge in [-0.1, -0.05) is 213 Å². The number of carboxylic acid groups (broad SMARTS) is 1. The Morgan fingerprint density at radius 3 is 1.19 bits per heavy atom. The van der Waals surface area contributed by atoms with Crippen LogP contribution in [-0.2, 0) is 33.3 Å². The maximum Gasteiger partial charge on any atom is 0.361 e. The Morgan fingerprint density at radius 1 is 0.425 bits per heavy atom. The average Bonchev–Trinajstić information content (AvgIpc) is 3.36. The summed E-state index contributed by atoms with van der Waals surface area (Å²) < 4.78 is 22.8. The van der Waals surface area contributed by atoms with Crippen molar-refractivity contribution in [2.75, 3.05) is 47.5 Å². The highest BCUT2D eigenvalue weighted by atomic mass is 16.7. The lowest BCUT2D eigenvalue weighted by Gasteiger charge is -2.25. The molecule has 0 aliphatic carbocycles. The summed E-state index contributed by atoms with van der Waals surface area (Å²) in [6.45, 7) is 4.69. The molecule has 0 spiro atoms. The number of nitrogens with zero attached hydrogens (tertiary/aromatic N) is 1. The van der Waals surface area contributed by atoms with Crippen LogP contribution in [0.25, 0.3) is 0 Å². The zero-order valence-corrected chi connectivity index (χ0v) is 47.3. The Labute approximate surface area is 447 Å². The minimum atomic E-state index is -1.53. The number of hydrogen-bond acceptors (Lipinski definition) is 7. The Bertz CT molecular complexity index is 1560. The standard InChI is InChI=1S/C64H107NO8/c1-6-8-10-12-14-16-18-20-22-24-26-28-29-30-31-32-33-35-36-38-40-42-44-46-48-50-52-54-61(66)71-58-60(59-72-64(63(68)69)70-57-56-65(3,4)5)73-62(67)55-53-51-49-47-45-43-41-39-37-34-27-25-23-21-19-17-15-13-11-9-7-2/h9,11,15,17-18,20-21,23-24,26-27,29-30,34,39,41,45,47,60,64H,6-8,10,12-14,16,19,22,25,28,31-33,35-38,40,42-44,46,48-59H2,1-5H3/p+1/b11-9-,17-15-,20-18-,23-21-,26-24-,30-29-,34-27-,41-39-,47-45-. The van der Waals surface area contributed by atoms with Gasteiger partial charge in [0, 0.05) is 12.8 Å². The molecule has 9 heteroatoms. The molecule has 9 nitrogen and oxygen atoms in total. The predicted octanol–water partition coefficient (Wildman–Crippen LogP) is 17.1. The van der Waals surface area contributed by atoms with Gasteiger partial charge in [-0.25, -0.2) is 4.79 Å². The molecule has 0 rings (SSSR count). The molecule has 0 amide bonds. The van der Waals surface area contributed by atoms with Crippen molar-refractivity contribution in [2.24, 2.45) is 0 Å². The first-order chi connectivity index (χ1) is 35.6. The highest BCUT2D eigenvalue weighted by Crippen LogP contribution is 2.15. The Kier molecular flexibility index (Phi) is 51.2. The van der Waals surface area contributed by atoms with Gasteiger partial charge in [0.1, 0.15) is 13.2 Å². The number of carboxylic acids is 1. The quantitative estimate of drug-likeness (QED) is 0.0211. The van der Waals surface area contributed by atoms with Crippen LogP contribution in [0.5, 0.6) is 0 Å². The summed E-state index contributed by atoms with van der Waals surface area (Å²) in [5, 5.41) is 9.70. The van der Waals surface area contributed by atoms with Crippen molar-refractivity contribution in [1.29, 1.82) is 0 Å². The number of unbranched alkanes of at least 4 members (excludes halogenated alkanes) is 19. The van der Waals surface area contributed by atoms with E-state index >= 15 is 0 Å². The molecule has 0 saturated heterocycles. The van der Waals surface area contributed by atoms with E-state index in [1.54, 1.807) is 0 Å². The van der Waals surface area contributed by atoms with Gasteiger partial charge in [-0.2, -0.15) is 0 Å². The maximum atomic E-state index is 12.8. The molecule has 0 aromatic heterocycles. The Hall–Kier alpha value is -4.05. The maximum absolute atomic E-state index is 12.8. The average molecular weight is 1020 g/mol. The van der Waals surface area contributed by atoms with Crippen LogP contribution in [0.1, 0.15) is 219 Å². The van der Waals surface area contributed by atoms with Crippen LogP contribution >= 0.6 is 0 Å². The molecule has 0 aliphatic heterocycles. The number of rotatable bonds is 52. The van der Waals surface area contributed by atoms with E-state index in [-0.39, 0.29) is 38.6 Å². The first-order valence-electron chi connectivity index (χ1n) is 29.1. The molecule has 0 aliphatic rings. The molecule has 73 heavy (non-hydrogen) atoms. The van der Waals surface area contributed by atoms with E-state index < -0.39 is 24.3 Å². The molecular formula is C64H108NO8+. The van der Waals surface area contributed by atoms with Gasteiger partial charge in [0.15, 0.2) is 6.10 Å². The normalized spacial score (nSPS) is 13.6. The first kappa shape index (κ1) is 69.0. The fourth-order valence-electron chi connectivity index (χ4n) is 7.55. The predicted molar refractivity (Wildman–Crippen MR) is 308 cm³/mol. The third kappa shape index (κ3) is 55.5. The van der Waals surface area contributed by atoms with Crippen molar-refractivity contribution in [1.82, 2.24) is 0 Å². The molecule has 0 aromatic rings. The Morgan fingerprint density at radius 2 is 0.781 bits per heavy atom. The SMILES string of the molecule is CC/C=C\C/C=C\C/C=C\C/C=C\C/C=C\C/C=C\CCCCC(=O)OC(COC(=O)CCCCCCCCCCCCCC/C=C\C/C=C\C/C=C\CCCCCCC)COC(OCC[N+](C)(C)C)C(=O)O. The largest absolute Gasteiger partial charge is 0.477 e. The molecule has 0 radical (unpaired) electrons. The molecular weight excluding hydrogens is 911 g/mol. The first-order valence-corrected chi connectivity index (χ1v) is 29.1. The van der Waals surface area contributed by atoms with Gasteiger partial charge in [-0.05, 0) is 103 Å². The fourth-order valence-corrected chi connectivity index (χ4v) is 7.55. The minimum absolute atomic E-state index is 0.173. The lowest BCUT2D eigenvalue weighted by atomic mass is 10.0. The zero-order chi connectivity index (χ0) is 53.4. The van der Waals surface area contributed by atoms with Crippen LogP contribution in [0.4, 0.5) is 0 Å². The molecule has 0 bridgehead atoms. The van der Waals surface area contributed by atoms with Gasteiger partial charge in [0.2, 0.25) is 0 Å². The summed E-state index contributed by atoms with van der Waals surface area (Å²) in [7, 11) is 5.94. The summed E-state index contributed by atoms with van der Waals surface area (Å²) >= 11 is 0. The topological polar surface area (TPSA) is 108 Å². The van der Waals surface area contributed by atoms with E-state index in [2.05, 4.69) is 123 Å². The molecule has 1 N–H and O–H groups in total. The van der Waals surface area contributed by atoms with Gasteiger partial charge in [-0.15, -0.1) is 0 Å². The number of likely N-dealkylation sites (N-methyl/N-ethyl adjacent to an activating group) is 1. The van der Waals surface area contributed by atoms with Crippen LogP contribution in [0, 0.1) is 0 Å². The number of quaternary nitrogens is 1. The van der Waals surface area contributed by atoms with Crippen LogP contribution in [0.2, 0.25) is 0 Å². The molecule has 0 heterocycles. The van der Waals surface area contributed by atoms with E-state index in [1.165, 1.54) is 103 Å². The van der Waals surface area contributed by atoms with Crippen LogP contribution in [-0.4, -0.2) is 87.4 Å². The second kappa shape index (κ2) is 54.2. The smallest absolute Gasteiger partial charge is 0.361 e. The summed E-state index contributed by atoms with van der Waals surface area (Å²) in [5.74, 6) is -2.08. The Balaban J connectivity index is 4.32. The van der Waals surface area contributed by atoms with Crippen molar-refractivity contribution in [3.8, 4) is 0 Å². The van der Waals surface area contributed by atoms with Gasteiger partial charge in [0.05, 0.1) is 34.4 Å². The number of aliphatic carboxylic acids is 1. The van der Waals surface area contributed by atoms with Crippen molar-refractivity contribution in [3.05, 3.63) is 109 Å². The highest BCUT2D eigenvalue weighted by molar-refractivity contribution is 5.71. The lowest BCUT2D eigenvalue weighted by molar-refractivity contribution is -0.870. The summed E-state index contributed by atoms with van der Waals surface area (Å²) in [4.78, 5) is 37.4. The van der Waals surface area contributed by atoms with Crippen molar-refractivity contribution in [2.45, 2.75) is 232 Å². The monoisotopic (exact) mass is 1020 g/mol. The summed E-state index contributed by atoms with van der Waals surface area (Å²) in [6.07, 6.45) is 71.7. The molecule has 0 aromatic carbocycles. The van der Waals surface area contributed by atoms with Crippen molar-refractivity contribution < 1.29 is 42.9 Å². The molecule has 416 valence electrons. The molecule has 2 unspecified atom stereocenters. The van der Waals surface area contributed by atoms with Gasteiger partial charge in [0.25, 0.3) is 6.29 Å². The van der Waals surface area contributed by atoms with E-state index in [0.717, 1.165) is 83.5 Å². The number of allylic oxidation sites excluding steroid dienone is 18. The minimum Gasteiger partial charge on any atom is -0.477 e. The molecule has 2 atom stereocenters. The van der Waals surface area contributed by atoms with Gasteiger partial charge in [-0.3, -0.25) is 9.59 Å². The highest BCUT2D eigenvalue weighted by Gasteiger charge is 2.25. The second-order valence-corrected chi connectivity index (χ2v) is 20.2. The third-order valence-corrected chi connectivity index (χ3v) is 12.0. The van der Waals surface area contributed by atoms with Gasteiger partial charge < -0.3 is 28.5 Å². The van der Waals surface area contributed by atoms with Crippen LogP contribution in [0.3, 0.4) is 0 Å². The molecule has 0 fully saturated rings. The summed E-state index contributed by atoms with van der Waals surface area (Å²) in [5.41, 5.74) is 0. The van der Waals surface area contributed by atoms with E-state index in [9.17, 15) is 19.5 Å². The number of carbonyl (C=O) groups is 3. The zero-order valence-electron chi connectivity index (χ0n) is 47.3. The second-order valence-electron chi connectivity index (χ2n) is 20.2. The molecule has 0 saturated carbocycles. The number of carbonyl (C=O) groups excluding carboxylic acids is 2. The van der Waals surface area contributed by atoms with Crippen molar-refractivity contribution in [3.63, 3.8) is 0 Å². The number of hydrogen-bond donors (Lipinski definition) is 1. The van der Waals surface area contributed by atoms with Crippen molar-refractivity contribution >= 4 is 17.9 Å². The van der Waals surface area contributed by atoms with E-state index in [1.807, 2.05) is 21.1 Å². The van der Waals surface area contributed by atoms with E-state index in [0.29, 0.717) is 17.4 Å². The number of ether oxygens (including phenoxy) is 4. The number of esters is 2. The fraction of sp³-hybridized carbons (Fsp3) is 0.672. The van der Waals surface area contributed by atoms with Crippen LogP contribution in [0.15, 0.2) is 109 Å². The lowest BCUT2D eigenvalue weighted by Crippen LogP contribution is -2.40. The third-order valence-electron chi connectivity index (χ3n) is 12.0.